The molecule has 1 aromatic heterocycles. The third-order valence-electron chi connectivity index (χ3n) is 5.37. The van der Waals surface area contributed by atoms with E-state index >= 15 is 0 Å². The minimum Gasteiger partial charge on any atom is -0.322 e. The van der Waals surface area contributed by atoms with E-state index in [4.69, 9.17) is 11.6 Å². The van der Waals surface area contributed by atoms with E-state index in [-0.39, 0.29) is 18.0 Å². The first kappa shape index (κ1) is 20.9. The van der Waals surface area contributed by atoms with Crippen molar-refractivity contribution in [2.24, 2.45) is 0 Å². The average Bonchev–Trinajstić information content (AvgIpc) is 2.72. The van der Waals surface area contributed by atoms with Crippen molar-refractivity contribution in [2.45, 2.75) is 27.3 Å². The van der Waals surface area contributed by atoms with E-state index in [1.165, 1.54) is 0 Å². The normalized spacial score (nSPS) is 11.0. The second-order valence-corrected chi connectivity index (χ2v) is 8.34. The second-order valence-electron chi connectivity index (χ2n) is 7.91. The fourth-order valence-electron chi connectivity index (χ4n) is 3.80. The van der Waals surface area contributed by atoms with Gasteiger partial charge in [-0.05, 0) is 73.7 Å². The van der Waals surface area contributed by atoms with E-state index in [0.29, 0.717) is 16.1 Å². The SMILES string of the molecule is Cc1ccc(N(Cc2cc3ccc(C)cc3[nH]c2=O)C(=O)c2cccc(Cl)c2)c(C)c1. The Hall–Kier alpha value is -3.37. The first-order valence-electron chi connectivity index (χ1n) is 10.1. The Balaban J connectivity index is 1.82. The van der Waals surface area contributed by atoms with Crippen molar-refractivity contribution >= 4 is 34.1 Å². The third-order valence-corrected chi connectivity index (χ3v) is 5.60. The minimum atomic E-state index is -0.210. The van der Waals surface area contributed by atoms with Crippen molar-refractivity contribution in [2.75, 3.05) is 4.90 Å². The summed E-state index contributed by atoms with van der Waals surface area (Å²) in [5.41, 5.74) is 5.48. The van der Waals surface area contributed by atoms with Crippen LogP contribution in [0, 0.1) is 20.8 Å². The van der Waals surface area contributed by atoms with Crippen molar-refractivity contribution in [3.05, 3.63) is 110 Å². The lowest BCUT2D eigenvalue weighted by atomic mass is 10.1. The Morgan fingerprint density at radius 2 is 1.68 bits per heavy atom. The average molecular weight is 431 g/mol. The maximum atomic E-state index is 13.5. The van der Waals surface area contributed by atoms with Gasteiger partial charge in [0.05, 0.1) is 6.54 Å². The predicted molar refractivity (Wildman–Crippen MR) is 127 cm³/mol. The zero-order valence-electron chi connectivity index (χ0n) is 17.7. The lowest BCUT2D eigenvalue weighted by molar-refractivity contribution is 0.0985. The second kappa shape index (κ2) is 8.40. The summed E-state index contributed by atoms with van der Waals surface area (Å²) in [4.78, 5) is 31.0. The summed E-state index contributed by atoms with van der Waals surface area (Å²) < 4.78 is 0. The van der Waals surface area contributed by atoms with Crippen molar-refractivity contribution in [3.63, 3.8) is 0 Å². The quantitative estimate of drug-likeness (QED) is 0.434. The van der Waals surface area contributed by atoms with E-state index in [1.54, 1.807) is 29.2 Å². The molecule has 0 radical (unpaired) electrons. The van der Waals surface area contributed by atoms with E-state index in [1.807, 2.05) is 63.2 Å². The zero-order chi connectivity index (χ0) is 22.1. The molecule has 0 aliphatic heterocycles. The molecule has 3 aromatic carbocycles. The molecular weight excluding hydrogens is 408 g/mol. The summed E-state index contributed by atoms with van der Waals surface area (Å²) in [5.74, 6) is -0.210. The number of benzene rings is 3. The third kappa shape index (κ3) is 4.39. The number of rotatable bonds is 4. The van der Waals surface area contributed by atoms with Gasteiger partial charge in [0, 0.05) is 27.4 Å². The number of carbonyl (C=O) groups is 1. The van der Waals surface area contributed by atoms with Crippen LogP contribution in [0.25, 0.3) is 10.9 Å². The number of halogens is 1. The molecule has 0 spiro atoms. The van der Waals surface area contributed by atoms with Gasteiger partial charge in [0.2, 0.25) is 0 Å². The molecule has 1 heterocycles. The molecule has 5 heteroatoms. The van der Waals surface area contributed by atoms with Crippen LogP contribution in [0.4, 0.5) is 5.69 Å². The largest absolute Gasteiger partial charge is 0.322 e. The molecule has 1 amide bonds. The van der Waals surface area contributed by atoms with Gasteiger partial charge in [-0.3, -0.25) is 9.59 Å². The zero-order valence-corrected chi connectivity index (χ0v) is 18.5. The molecule has 0 aliphatic rings. The number of aromatic amines is 1. The highest BCUT2D eigenvalue weighted by molar-refractivity contribution is 6.31. The molecule has 31 heavy (non-hydrogen) atoms. The Labute approximate surface area is 186 Å². The Morgan fingerprint density at radius 1 is 0.935 bits per heavy atom. The lowest BCUT2D eigenvalue weighted by Crippen LogP contribution is -2.33. The van der Waals surface area contributed by atoms with Crippen LogP contribution < -0.4 is 10.5 Å². The first-order chi connectivity index (χ1) is 14.8. The van der Waals surface area contributed by atoms with Gasteiger partial charge in [0.1, 0.15) is 0 Å². The van der Waals surface area contributed by atoms with Crippen LogP contribution >= 0.6 is 11.6 Å². The topological polar surface area (TPSA) is 53.2 Å². The van der Waals surface area contributed by atoms with Crippen LogP contribution in [0.2, 0.25) is 5.02 Å². The molecule has 1 N–H and O–H groups in total. The molecule has 0 aliphatic carbocycles. The van der Waals surface area contributed by atoms with Crippen molar-refractivity contribution in [1.29, 1.82) is 0 Å². The molecule has 0 saturated heterocycles. The number of hydrogen-bond acceptors (Lipinski definition) is 2. The molecule has 4 rings (SSSR count). The summed E-state index contributed by atoms with van der Waals surface area (Å²) in [5, 5.41) is 1.42. The van der Waals surface area contributed by atoms with Crippen LogP contribution in [-0.2, 0) is 6.54 Å². The van der Waals surface area contributed by atoms with Gasteiger partial charge in [-0.2, -0.15) is 0 Å². The molecule has 0 saturated carbocycles. The predicted octanol–water partition coefficient (Wildman–Crippen LogP) is 5.95. The molecule has 0 unspecified atom stereocenters. The number of hydrogen-bond donors (Lipinski definition) is 1. The van der Waals surface area contributed by atoms with E-state index in [2.05, 4.69) is 4.98 Å². The number of nitrogens with zero attached hydrogens (tertiary/aromatic N) is 1. The number of aromatic nitrogens is 1. The summed E-state index contributed by atoms with van der Waals surface area (Å²) in [6, 6.07) is 20.6. The highest BCUT2D eigenvalue weighted by Crippen LogP contribution is 2.26. The molecular formula is C26H23ClN2O2. The molecule has 0 fully saturated rings. The Morgan fingerprint density at radius 3 is 2.42 bits per heavy atom. The van der Waals surface area contributed by atoms with Gasteiger partial charge in [-0.15, -0.1) is 0 Å². The van der Waals surface area contributed by atoms with E-state index in [9.17, 15) is 9.59 Å². The highest BCUT2D eigenvalue weighted by Gasteiger charge is 2.21. The van der Waals surface area contributed by atoms with Crippen LogP contribution in [0.1, 0.15) is 32.6 Å². The summed E-state index contributed by atoms with van der Waals surface area (Å²) in [7, 11) is 0. The number of nitrogens with one attached hydrogen (secondary N) is 1. The van der Waals surface area contributed by atoms with Crippen LogP contribution in [-0.4, -0.2) is 10.9 Å². The molecule has 0 atom stereocenters. The monoisotopic (exact) mass is 430 g/mol. The summed E-state index contributed by atoms with van der Waals surface area (Å²) in [6.07, 6.45) is 0. The maximum Gasteiger partial charge on any atom is 0.258 e. The smallest absolute Gasteiger partial charge is 0.258 e. The number of H-pyrrole nitrogens is 1. The van der Waals surface area contributed by atoms with Crippen LogP contribution in [0.3, 0.4) is 0 Å². The number of amides is 1. The Bertz CT molecular complexity index is 1360. The fourth-order valence-corrected chi connectivity index (χ4v) is 3.99. The molecule has 4 nitrogen and oxygen atoms in total. The van der Waals surface area contributed by atoms with E-state index in [0.717, 1.165) is 33.3 Å². The Kier molecular flexibility index (Phi) is 5.66. The first-order valence-corrected chi connectivity index (χ1v) is 10.5. The lowest BCUT2D eigenvalue weighted by Gasteiger charge is -2.25. The summed E-state index contributed by atoms with van der Waals surface area (Å²) >= 11 is 6.13. The maximum absolute atomic E-state index is 13.5. The van der Waals surface area contributed by atoms with E-state index < -0.39 is 0 Å². The molecule has 156 valence electrons. The molecule has 0 bridgehead atoms. The number of pyridine rings is 1. The molecule has 4 aromatic rings. The highest BCUT2D eigenvalue weighted by atomic mass is 35.5. The number of aryl methyl sites for hydroxylation is 3. The van der Waals surface area contributed by atoms with Gasteiger partial charge in [0.25, 0.3) is 11.5 Å². The fraction of sp³-hybridized carbons (Fsp3) is 0.154. The van der Waals surface area contributed by atoms with Gasteiger partial charge in [0.15, 0.2) is 0 Å². The van der Waals surface area contributed by atoms with Crippen LogP contribution in [0.5, 0.6) is 0 Å². The number of fused-ring (bicyclic) bond motifs is 1. The van der Waals surface area contributed by atoms with Crippen molar-refractivity contribution < 1.29 is 4.79 Å². The number of anilines is 1. The van der Waals surface area contributed by atoms with Gasteiger partial charge < -0.3 is 9.88 Å². The summed E-state index contributed by atoms with van der Waals surface area (Å²) in [6.45, 7) is 6.11. The standard InChI is InChI=1S/C26H23ClN2O2/c1-16-8-10-24(18(3)11-16)29(26(31)20-5-4-6-22(27)14-20)15-21-13-19-9-7-17(2)12-23(19)28-25(21)30/h4-14H,15H2,1-3H3,(H,28,30). The minimum absolute atomic E-state index is 0.147. The van der Waals surface area contributed by atoms with Crippen LogP contribution in [0.15, 0.2) is 71.5 Å². The van der Waals surface area contributed by atoms with Gasteiger partial charge in [-0.1, -0.05) is 47.5 Å². The van der Waals surface area contributed by atoms with Crippen molar-refractivity contribution in [1.82, 2.24) is 4.98 Å². The van der Waals surface area contributed by atoms with Gasteiger partial charge in [-0.25, -0.2) is 0 Å². The van der Waals surface area contributed by atoms with Gasteiger partial charge >= 0.3 is 0 Å². The van der Waals surface area contributed by atoms with Crippen molar-refractivity contribution in [3.8, 4) is 0 Å². The number of carbonyl (C=O) groups excluding carboxylic acids is 1.